The Labute approximate surface area is 112 Å². The van der Waals surface area contributed by atoms with E-state index in [1.807, 2.05) is 24.3 Å². The highest BCUT2D eigenvalue weighted by Gasteiger charge is 2.14. The second-order valence-corrected chi connectivity index (χ2v) is 4.37. The van der Waals surface area contributed by atoms with Crippen LogP contribution in [-0.2, 0) is 4.74 Å². The van der Waals surface area contributed by atoms with Crippen LogP contribution in [-0.4, -0.2) is 27.8 Å². The number of hydrogen-bond donors (Lipinski definition) is 1. The molecule has 1 N–H and O–H groups in total. The summed E-state index contributed by atoms with van der Waals surface area (Å²) in [5.74, 6) is 0.136. The van der Waals surface area contributed by atoms with Crippen molar-refractivity contribution >= 4 is 28.6 Å². The zero-order valence-corrected chi connectivity index (χ0v) is 11.3. The summed E-state index contributed by atoms with van der Waals surface area (Å²) in [5.41, 5.74) is 0.889. The summed E-state index contributed by atoms with van der Waals surface area (Å²) in [6.45, 7) is 2.06. The molecule has 0 saturated carbocycles. The van der Waals surface area contributed by atoms with E-state index >= 15 is 0 Å². The van der Waals surface area contributed by atoms with Crippen molar-refractivity contribution in [3.63, 3.8) is 0 Å². The van der Waals surface area contributed by atoms with Gasteiger partial charge in [-0.15, -0.1) is 0 Å². The molecule has 2 aromatic rings. The first-order chi connectivity index (χ1) is 8.22. The molecule has 5 nitrogen and oxygen atoms in total. The maximum atomic E-state index is 11.4. The minimum Gasteiger partial charge on any atom is -0.460 e. The summed E-state index contributed by atoms with van der Waals surface area (Å²) in [4.78, 5) is 15.5. The predicted molar refractivity (Wildman–Crippen MR) is 70.5 cm³/mol. The molecule has 0 aliphatic heterocycles. The summed E-state index contributed by atoms with van der Waals surface area (Å²) in [6, 6.07) is 7.69. The van der Waals surface area contributed by atoms with Crippen molar-refractivity contribution in [2.75, 3.05) is 6.61 Å². The molecule has 0 aliphatic rings. The number of hydrogen-bond acceptors (Lipinski definition) is 4. The van der Waals surface area contributed by atoms with Crippen molar-refractivity contribution in [1.82, 2.24) is 15.2 Å². The van der Waals surface area contributed by atoms with E-state index in [4.69, 9.17) is 4.74 Å². The molecule has 0 fully saturated rings. The van der Waals surface area contributed by atoms with Crippen molar-refractivity contribution in [2.24, 2.45) is 0 Å². The van der Waals surface area contributed by atoms with Crippen LogP contribution in [0.15, 0.2) is 24.3 Å². The van der Waals surface area contributed by atoms with E-state index in [9.17, 15) is 4.79 Å². The number of esters is 1. The Morgan fingerprint density at radius 1 is 1.47 bits per heavy atom. The molecule has 0 aliphatic carbocycles. The smallest absolute Gasteiger partial charge is 0.375 e. The summed E-state index contributed by atoms with van der Waals surface area (Å²) in [7, 11) is 0. The van der Waals surface area contributed by atoms with Gasteiger partial charge in [-0.25, -0.2) is 9.78 Å². The maximum Gasteiger partial charge on any atom is 0.375 e. The third kappa shape index (κ3) is 2.63. The lowest BCUT2D eigenvalue weighted by Gasteiger charge is -1.97. The van der Waals surface area contributed by atoms with Gasteiger partial charge in [-0.05, 0) is 35.6 Å². The highest BCUT2D eigenvalue weighted by atomic mass is 127. The number of halogens is 1. The molecular weight excluding hydrogens is 333 g/mol. The number of benzene rings is 1. The van der Waals surface area contributed by atoms with E-state index in [0.717, 1.165) is 9.13 Å². The lowest BCUT2D eigenvalue weighted by molar-refractivity contribution is 0.0512. The number of nitrogens with one attached hydrogen (secondary N) is 1. The van der Waals surface area contributed by atoms with Crippen molar-refractivity contribution in [3.05, 3.63) is 33.7 Å². The normalized spacial score (nSPS) is 10.2. The van der Waals surface area contributed by atoms with Crippen LogP contribution >= 0.6 is 22.6 Å². The Kier molecular flexibility index (Phi) is 3.72. The molecule has 0 unspecified atom stereocenters. The summed E-state index contributed by atoms with van der Waals surface area (Å²) in [5, 5.41) is 6.59. The number of carbonyl (C=O) groups excluding carboxylic acids is 1. The third-order valence-corrected chi connectivity index (χ3v) is 3.01. The molecule has 0 saturated heterocycles. The van der Waals surface area contributed by atoms with E-state index in [-0.39, 0.29) is 5.82 Å². The van der Waals surface area contributed by atoms with Gasteiger partial charge < -0.3 is 4.74 Å². The van der Waals surface area contributed by atoms with Crippen molar-refractivity contribution in [1.29, 1.82) is 0 Å². The Morgan fingerprint density at radius 2 is 2.24 bits per heavy atom. The molecule has 1 aromatic heterocycles. The molecule has 0 spiro atoms. The van der Waals surface area contributed by atoms with Crippen LogP contribution in [0.25, 0.3) is 11.4 Å². The number of nitrogens with zero attached hydrogens (tertiary/aromatic N) is 2. The number of carbonyl (C=O) groups is 1. The van der Waals surface area contributed by atoms with Crippen LogP contribution in [0.5, 0.6) is 0 Å². The van der Waals surface area contributed by atoms with Crippen LogP contribution in [0.3, 0.4) is 0 Å². The van der Waals surface area contributed by atoms with Crippen molar-refractivity contribution in [2.45, 2.75) is 6.92 Å². The van der Waals surface area contributed by atoms with Gasteiger partial charge >= 0.3 is 5.97 Å². The largest absolute Gasteiger partial charge is 0.460 e. The van der Waals surface area contributed by atoms with Crippen molar-refractivity contribution in [3.8, 4) is 11.4 Å². The molecule has 0 bridgehead atoms. The number of rotatable bonds is 3. The third-order valence-electron chi connectivity index (χ3n) is 2.07. The van der Waals surface area contributed by atoms with Crippen LogP contribution in [0.1, 0.15) is 17.5 Å². The SMILES string of the molecule is CCOC(=O)c1nc(-c2ccccc2I)n[nH]1. The molecule has 17 heavy (non-hydrogen) atoms. The van der Waals surface area contributed by atoms with Gasteiger partial charge in [0.25, 0.3) is 0 Å². The lowest BCUT2D eigenvalue weighted by atomic mass is 10.2. The fraction of sp³-hybridized carbons (Fsp3) is 0.182. The van der Waals surface area contributed by atoms with Crippen LogP contribution < -0.4 is 0 Å². The topological polar surface area (TPSA) is 67.9 Å². The van der Waals surface area contributed by atoms with E-state index in [1.165, 1.54) is 0 Å². The fourth-order valence-electron chi connectivity index (χ4n) is 1.32. The van der Waals surface area contributed by atoms with E-state index in [1.54, 1.807) is 6.92 Å². The Bertz CT molecular complexity index is 539. The molecule has 1 aromatic carbocycles. The summed E-state index contributed by atoms with van der Waals surface area (Å²) in [6.07, 6.45) is 0. The maximum absolute atomic E-state index is 11.4. The van der Waals surface area contributed by atoms with Crippen LogP contribution in [0.4, 0.5) is 0 Å². The first-order valence-electron chi connectivity index (χ1n) is 5.06. The van der Waals surface area contributed by atoms with E-state index < -0.39 is 5.97 Å². The number of aromatic nitrogens is 3. The second-order valence-electron chi connectivity index (χ2n) is 3.21. The molecular formula is C11H10IN3O2. The van der Waals surface area contributed by atoms with Gasteiger partial charge in [0.15, 0.2) is 5.82 Å². The van der Waals surface area contributed by atoms with Crippen molar-refractivity contribution < 1.29 is 9.53 Å². The summed E-state index contributed by atoms with van der Waals surface area (Å²) >= 11 is 2.20. The van der Waals surface area contributed by atoms with Gasteiger partial charge in [0.1, 0.15) is 0 Å². The van der Waals surface area contributed by atoms with Crippen LogP contribution in [0.2, 0.25) is 0 Å². The molecule has 88 valence electrons. The quantitative estimate of drug-likeness (QED) is 0.686. The Balaban J connectivity index is 2.30. The van der Waals surface area contributed by atoms with Gasteiger partial charge in [0, 0.05) is 9.13 Å². The minimum absolute atomic E-state index is 0.126. The number of H-pyrrole nitrogens is 1. The van der Waals surface area contributed by atoms with Gasteiger partial charge in [0.2, 0.25) is 5.82 Å². The average molecular weight is 343 g/mol. The van der Waals surface area contributed by atoms with E-state index in [0.29, 0.717) is 12.4 Å². The zero-order chi connectivity index (χ0) is 12.3. The van der Waals surface area contributed by atoms with E-state index in [2.05, 4.69) is 37.8 Å². The first kappa shape index (κ1) is 12.0. The number of aromatic amines is 1. The first-order valence-corrected chi connectivity index (χ1v) is 6.14. The van der Waals surface area contributed by atoms with Gasteiger partial charge in [-0.1, -0.05) is 18.2 Å². The minimum atomic E-state index is -0.489. The molecule has 1 heterocycles. The molecule has 6 heteroatoms. The lowest BCUT2D eigenvalue weighted by Crippen LogP contribution is -2.06. The molecule has 0 amide bonds. The standard InChI is InChI=1S/C11H10IN3O2/c1-2-17-11(16)10-13-9(14-15-10)7-5-3-4-6-8(7)12/h3-6H,2H2,1H3,(H,13,14,15). The molecule has 0 radical (unpaired) electrons. The molecule has 0 atom stereocenters. The van der Waals surface area contributed by atoms with Gasteiger partial charge in [-0.3, -0.25) is 5.10 Å². The van der Waals surface area contributed by atoms with Gasteiger partial charge in [0.05, 0.1) is 6.61 Å². The molecule has 2 rings (SSSR count). The zero-order valence-electron chi connectivity index (χ0n) is 9.11. The monoisotopic (exact) mass is 343 g/mol. The Morgan fingerprint density at radius 3 is 2.94 bits per heavy atom. The highest BCUT2D eigenvalue weighted by Crippen LogP contribution is 2.21. The average Bonchev–Trinajstić information content (AvgIpc) is 2.79. The van der Waals surface area contributed by atoms with Gasteiger partial charge in [-0.2, -0.15) is 5.10 Å². The highest BCUT2D eigenvalue weighted by molar-refractivity contribution is 14.1. The summed E-state index contributed by atoms with van der Waals surface area (Å²) < 4.78 is 5.86. The fourth-order valence-corrected chi connectivity index (χ4v) is 1.94. The number of ether oxygens (including phenoxy) is 1. The van der Waals surface area contributed by atoms with Crippen LogP contribution in [0, 0.1) is 3.57 Å². The second kappa shape index (κ2) is 5.26. The predicted octanol–water partition coefficient (Wildman–Crippen LogP) is 2.25. The Hall–Kier alpha value is -1.44.